The first-order chi connectivity index (χ1) is 17.1. The zero-order valence-corrected chi connectivity index (χ0v) is 18.4. The number of aromatic nitrogens is 4. The van der Waals surface area contributed by atoms with E-state index < -0.39 is 22.1 Å². The maximum absolute atomic E-state index is 10.1. The minimum absolute atomic E-state index is 0.532. The first-order valence-corrected chi connectivity index (χ1v) is 10.3. The van der Waals surface area contributed by atoms with Crippen LogP contribution in [0.15, 0.2) is 116 Å². The fraction of sp³-hybridized carbons (Fsp3) is 0. The van der Waals surface area contributed by atoms with Crippen LogP contribution in [-0.4, -0.2) is 35.1 Å². The Balaban J connectivity index is 0.000000147. The molecule has 0 saturated carbocycles. The average molecular weight is 467 g/mol. The summed E-state index contributed by atoms with van der Waals surface area (Å²) in [7, 11) is 0. The second-order valence-electron chi connectivity index (χ2n) is 6.87. The van der Waals surface area contributed by atoms with Crippen molar-refractivity contribution in [3.63, 3.8) is 0 Å². The lowest BCUT2D eigenvalue weighted by Crippen LogP contribution is -1.88. The molecule has 5 aromatic rings. The van der Waals surface area contributed by atoms with Gasteiger partial charge in [-0.05, 0) is 36.4 Å². The lowest BCUT2D eigenvalue weighted by Gasteiger charge is -1.97. The van der Waals surface area contributed by atoms with Crippen molar-refractivity contribution in [3.8, 4) is 33.8 Å². The minimum Gasteiger partial charge on any atom is -0.502 e. The van der Waals surface area contributed by atoms with Gasteiger partial charge in [0.2, 0.25) is 0 Å². The lowest BCUT2D eigenvalue weighted by molar-refractivity contribution is -0.386. The molecule has 35 heavy (non-hydrogen) atoms. The Morgan fingerprint density at radius 1 is 0.543 bits per heavy atom. The second-order valence-corrected chi connectivity index (χ2v) is 6.87. The fourth-order valence-electron chi connectivity index (χ4n) is 2.84. The van der Waals surface area contributed by atoms with Crippen molar-refractivity contribution in [2.24, 2.45) is 0 Å². The third kappa shape index (κ3) is 7.43. The molecule has 0 spiro atoms. The number of pyridine rings is 4. The summed E-state index contributed by atoms with van der Waals surface area (Å²) < 4.78 is 0. The van der Waals surface area contributed by atoms with Crippen LogP contribution >= 0.6 is 0 Å². The number of phenols is 2. The molecule has 0 atom stereocenters. The highest BCUT2D eigenvalue weighted by Gasteiger charge is 2.17. The van der Waals surface area contributed by atoms with Crippen LogP contribution in [0, 0.1) is 10.1 Å². The molecule has 0 aliphatic rings. The van der Waals surface area contributed by atoms with Crippen molar-refractivity contribution < 1.29 is 15.1 Å². The summed E-state index contributed by atoms with van der Waals surface area (Å²) in [5.41, 5.74) is 3.75. The summed E-state index contributed by atoms with van der Waals surface area (Å²) >= 11 is 0. The number of nitro benzene ring substituents is 1. The van der Waals surface area contributed by atoms with Crippen LogP contribution in [0.3, 0.4) is 0 Å². The Morgan fingerprint density at radius 3 is 1.06 bits per heavy atom. The number of benzene rings is 1. The standard InChI is InChI=1S/2C10H8N2.C6H5NO4/c2*1-3-9(7-11-5-1)10-4-2-6-12-8-10;8-4-2-1-3-5(9)6(4)7(10)11/h2*1-8H;1-3,8-9H. The first-order valence-electron chi connectivity index (χ1n) is 10.3. The predicted molar refractivity (Wildman–Crippen MR) is 131 cm³/mol. The van der Waals surface area contributed by atoms with Crippen LogP contribution < -0.4 is 0 Å². The van der Waals surface area contributed by atoms with E-state index in [0.717, 1.165) is 34.4 Å². The third-order valence-corrected chi connectivity index (χ3v) is 4.49. The molecular formula is C26H21N5O4. The van der Waals surface area contributed by atoms with Crippen LogP contribution in [0.1, 0.15) is 0 Å². The topological polar surface area (TPSA) is 135 Å². The number of aromatic hydroxyl groups is 2. The quantitative estimate of drug-likeness (QED) is 0.270. The number of para-hydroxylation sites is 1. The van der Waals surface area contributed by atoms with Gasteiger partial charge in [-0.1, -0.05) is 30.3 Å². The smallest absolute Gasteiger partial charge is 0.351 e. The molecule has 0 aliphatic heterocycles. The van der Waals surface area contributed by atoms with Gasteiger partial charge in [0.1, 0.15) is 0 Å². The van der Waals surface area contributed by atoms with Gasteiger partial charge in [-0.3, -0.25) is 30.1 Å². The minimum atomic E-state index is -0.843. The largest absolute Gasteiger partial charge is 0.502 e. The normalized spacial score (nSPS) is 9.60. The molecule has 0 aliphatic carbocycles. The molecule has 4 aromatic heterocycles. The van der Waals surface area contributed by atoms with Gasteiger partial charge < -0.3 is 10.2 Å². The number of rotatable bonds is 3. The maximum Gasteiger partial charge on any atom is 0.351 e. The predicted octanol–water partition coefficient (Wildman–Crippen LogP) is 5.29. The number of phenolic OH excluding ortho intramolecular Hbond substituents is 2. The number of nitro groups is 1. The van der Waals surface area contributed by atoms with Gasteiger partial charge in [-0.25, -0.2) is 0 Å². The van der Waals surface area contributed by atoms with Crippen molar-refractivity contribution in [1.82, 2.24) is 19.9 Å². The molecule has 5 rings (SSSR count). The maximum atomic E-state index is 10.1. The summed E-state index contributed by atoms with van der Waals surface area (Å²) in [6, 6.07) is 19.3. The number of nitrogens with zero attached hydrogens (tertiary/aromatic N) is 5. The highest BCUT2D eigenvalue weighted by Crippen LogP contribution is 2.33. The molecule has 0 radical (unpaired) electrons. The van der Waals surface area contributed by atoms with Gasteiger partial charge >= 0.3 is 5.69 Å². The van der Waals surface area contributed by atoms with E-state index in [0.29, 0.717) is 0 Å². The van der Waals surface area contributed by atoms with E-state index in [4.69, 9.17) is 10.2 Å². The lowest BCUT2D eigenvalue weighted by atomic mass is 10.1. The van der Waals surface area contributed by atoms with E-state index >= 15 is 0 Å². The molecule has 9 heteroatoms. The van der Waals surface area contributed by atoms with Crippen molar-refractivity contribution in [3.05, 3.63) is 126 Å². The van der Waals surface area contributed by atoms with E-state index in [-0.39, 0.29) is 0 Å². The second kappa shape index (κ2) is 12.8. The Morgan fingerprint density at radius 2 is 0.857 bits per heavy atom. The van der Waals surface area contributed by atoms with E-state index in [2.05, 4.69) is 19.9 Å². The van der Waals surface area contributed by atoms with E-state index in [1.54, 1.807) is 24.8 Å². The molecule has 0 amide bonds. The van der Waals surface area contributed by atoms with E-state index in [1.807, 2.05) is 73.3 Å². The van der Waals surface area contributed by atoms with Crippen molar-refractivity contribution >= 4 is 5.69 Å². The Kier molecular flexibility index (Phi) is 8.91. The molecule has 4 heterocycles. The van der Waals surface area contributed by atoms with Crippen LogP contribution in [-0.2, 0) is 0 Å². The Bertz CT molecular complexity index is 1150. The molecule has 0 unspecified atom stereocenters. The van der Waals surface area contributed by atoms with Gasteiger partial charge in [0.25, 0.3) is 0 Å². The molecule has 9 nitrogen and oxygen atoms in total. The SMILES string of the molecule is O=[N+]([O-])c1c(O)cccc1O.c1cncc(-c2cccnc2)c1.c1cncc(-c2cccnc2)c1. The van der Waals surface area contributed by atoms with Crippen LogP contribution in [0.4, 0.5) is 5.69 Å². The zero-order chi connectivity index (χ0) is 24.9. The molecule has 174 valence electrons. The van der Waals surface area contributed by atoms with Crippen LogP contribution in [0.25, 0.3) is 22.3 Å². The zero-order valence-electron chi connectivity index (χ0n) is 18.4. The summed E-state index contributed by atoms with van der Waals surface area (Å²) in [6.07, 6.45) is 14.4. The summed E-state index contributed by atoms with van der Waals surface area (Å²) in [5, 5.41) is 27.8. The molecule has 0 fully saturated rings. The van der Waals surface area contributed by atoms with Gasteiger partial charge in [0.05, 0.1) is 4.92 Å². The summed E-state index contributed by atoms with van der Waals surface area (Å²) in [6.45, 7) is 0. The fourth-order valence-corrected chi connectivity index (χ4v) is 2.84. The molecule has 1 aromatic carbocycles. The highest BCUT2D eigenvalue weighted by molar-refractivity contribution is 5.61. The number of hydrogen-bond acceptors (Lipinski definition) is 8. The Hall–Kier alpha value is -5.18. The summed E-state index contributed by atoms with van der Waals surface area (Å²) in [4.78, 5) is 25.4. The molecule has 0 saturated heterocycles. The van der Waals surface area contributed by atoms with Crippen molar-refractivity contribution in [1.29, 1.82) is 0 Å². The monoisotopic (exact) mass is 467 g/mol. The highest BCUT2D eigenvalue weighted by atomic mass is 16.6. The van der Waals surface area contributed by atoms with Crippen molar-refractivity contribution in [2.75, 3.05) is 0 Å². The van der Waals surface area contributed by atoms with Crippen molar-refractivity contribution in [2.45, 2.75) is 0 Å². The molecule has 2 N–H and O–H groups in total. The summed E-state index contributed by atoms with van der Waals surface area (Å²) in [5.74, 6) is -1.06. The average Bonchev–Trinajstić information content (AvgIpc) is 2.91. The third-order valence-electron chi connectivity index (χ3n) is 4.49. The molecular weight excluding hydrogens is 446 g/mol. The van der Waals surface area contributed by atoms with Crippen LogP contribution in [0.2, 0.25) is 0 Å². The van der Waals surface area contributed by atoms with Gasteiger partial charge in [-0.2, -0.15) is 0 Å². The van der Waals surface area contributed by atoms with Gasteiger partial charge in [0, 0.05) is 71.8 Å². The van der Waals surface area contributed by atoms with Gasteiger partial charge in [-0.15, -0.1) is 0 Å². The molecule has 0 bridgehead atoms. The Labute approximate surface area is 201 Å². The van der Waals surface area contributed by atoms with E-state index in [1.165, 1.54) is 6.07 Å². The number of hydrogen-bond donors (Lipinski definition) is 2. The van der Waals surface area contributed by atoms with Gasteiger partial charge in [0.15, 0.2) is 11.5 Å². The first kappa shape index (κ1) is 24.5. The van der Waals surface area contributed by atoms with Crippen LogP contribution in [0.5, 0.6) is 11.5 Å². The van der Waals surface area contributed by atoms with E-state index in [9.17, 15) is 10.1 Å².